The molecule has 3 unspecified atom stereocenters. The van der Waals surface area contributed by atoms with Crippen LogP contribution in [0.4, 0.5) is 0 Å². The molecule has 3 atom stereocenters. The van der Waals surface area contributed by atoms with E-state index in [9.17, 15) is 0 Å². The van der Waals surface area contributed by atoms with Crippen LogP contribution in [0.15, 0.2) is 11.4 Å². The average molecular weight is 308 g/mol. The summed E-state index contributed by atoms with van der Waals surface area (Å²) in [7, 11) is 0. The molecule has 0 radical (unpaired) electrons. The van der Waals surface area contributed by atoms with E-state index in [1.54, 1.807) is 0 Å². The van der Waals surface area contributed by atoms with Crippen LogP contribution in [0.5, 0.6) is 0 Å². The molecule has 1 saturated carbocycles. The van der Waals surface area contributed by atoms with Gasteiger partial charge in [0.05, 0.1) is 6.10 Å². The van der Waals surface area contributed by atoms with Crippen LogP contribution in [0.25, 0.3) is 0 Å². The van der Waals surface area contributed by atoms with Crippen molar-refractivity contribution in [2.75, 3.05) is 13.2 Å². The summed E-state index contributed by atoms with van der Waals surface area (Å²) >= 11 is 1.84. The van der Waals surface area contributed by atoms with Crippen molar-refractivity contribution in [2.45, 2.75) is 58.2 Å². The molecule has 3 N–H and O–H groups in total. The van der Waals surface area contributed by atoms with Crippen LogP contribution in [0.1, 0.15) is 44.1 Å². The van der Waals surface area contributed by atoms with Gasteiger partial charge in [-0.1, -0.05) is 20.8 Å². The molecule has 0 amide bonds. The van der Waals surface area contributed by atoms with Crippen molar-refractivity contribution >= 4 is 11.3 Å². The van der Waals surface area contributed by atoms with Crippen LogP contribution in [0, 0.1) is 11.3 Å². The van der Waals surface area contributed by atoms with Gasteiger partial charge in [-0.05, 0) is 36.3 Å². The largest absolute Gasteiger partial charge is 0.377 e. The highest BCUT2D eigenvalue weighted by Crippen LogP contribution is 2.57. The van der Waals surface area contributed by atoms with Gasteiger partial charge in [0.25, 0.3) is 0 Å². The van der Waals surface area contributed by atoms with E-state index in [1.807, 2.05) is 11.3 Å². The molecule has 1 aromatic heterocycles. The Morgan fingerprint density at radius 2 is 2.29 bits per heavy atom. The number of fused-ring (bicyclic) bond motifs is 1. The zero-order chi connectivity index (χ0) is 15.1. The Morgan fingerprint density at radius 1 is 1.48 bits per heavy atom. The highest BCUT2D eigenvalue weighted by Gasteiger charge is 2.65. The first-order chi connectivity index (χ1) is 10.0. The van der Waals surface area contributed by atoms with Gasteiger partial charge < -0.3 is 15.8 Å². The number of nitrogens with two attached hydrogens (primary N) is 1. The van der Waals surface area contributed by atoms with Crippen LogP contribution < -0.4 is 11.1 Å². The molecule has 3 rings (SSSR count). The Balaban J connectivity index is 1.61. The molecule has 21 heavy (non-hydrogen) atoms. The van der Waals surface area contributed by atoms with E-state index >= 15 is 0 Å². The topological polar surface area (TPSA) is 47.3 Å². The van der Waals surface area contributed by atoms with Gasteiger partial charge in [-0.2, -0.15) is 0 Å². The van der Waals surface area contributed by atoms with E-state index in [1.165, 1.54) is 16.9 Å². The Kier molecular flexibility index (Phi) is 4.17. The van der Waals surface area contributed by atoms with Gasteiger partial charge >= 0.3 is 0 Å². The molecular weight excluding hydrogens is 280 g/mol. The third kappa shape index (κ3) is 2.37. The van der Waals surface area contributed by atoms with Crippen molar-refractivity contribution in [3.05, 3.63) is 21.9 Å². The molecule has 1 aliphatic heterocycles. The molecule has 0 bridgehead atoms. The lowest BCUT2D eigenvalue weighted by Gasteiger charge is -2.66. The van der Waals surface area contributed by atoms with E-state index in [0.29, 0.717) is 12.0 Å². The molecule has 2 fully saturated rings. The number of aryl methyl sites for hydroxylation is 1. The van der Waals surface area contributed by atoms with Gasteiger partial charge in [0, 0.05) is 41.4 Å². The van der Waals surface area contributed by atoms with Crippen molar-refractivity contribution < 1.29 is 4.74 Å². The quantitative estimate of drug-likeness (QED) is 0.879. The van der Waals surface area contributed by atoms with Crippen LogP contribution >= 0.6 is 11.3 Å². The second kappa shape index (κ2) is 5.65. The van der Waals surface area contributed by atoms with Gasteiger partial charge in [-0.25, -0.2) is 0 Å². The third-order valence-corrected chi connectivity index (χ3v) is 6.78. The van der Waals surface area contributed by atoms with Gasteiger partial charge in [-0.3, -0.25) is 0 Å². The van der Waals surface area contributed by atoms with Gasteiger partial charge in [0.15, 0.2) is 0 Å². The average Bonchev–Trinajstić information content (AvgIpc) is 2.94. The van der Waals surface area contributed by atoms with Crippen molar-refractivity contribution in [1.29, 1.82) is 0 Å². The molecule has 1 aliphatic carbocycles. The number of nitrogens with one attached hydrogen (secondary N) is 1. The van der Waals surface area contributed by atoms with Crippen molar-refractivity contribution in [3.8, 4) is 0 Å². The van der Waals surface area contributed by atoms with Crippen LogP contribution in [-0.4, -0.2) is 24.8 Å². The molecule has 1 aromatic rings. The van der Waals surface area contributed by atoms with Gasteiger partial charge in [0.2, 0.25) is 0 Å². The molecule has 2 heterocycles. The second-order valence-corrected chi connectivity index (χ2v) is 8.13. The third-order valence-electron chi connectivity index (χ3n) is 5.82. The molecule has 4 heteroatoms. The minimum absolute atomic E-state index is 0.0636. The Hall–Kier alpha value is -0.420. The Bertz CT molecular complexity index is 499. The van der Waals surface area contributed by atoms with Crippen molar-refractivity contribution in [2.24, 2.45) is 17.1 Å². The van der Waals surface area contributed by atoms with E-state index in [-0.39, 0.29) is 11.0 Å². The minimum atomic E-state index is -0.137. The van der Waals surface area contributed by atoms with Crippen molar-refractivity contribution in [1.82, 2.24) is 5.32 Å². The summed E-state index contributed by atoms with van der Waals surface area (Å²) in [5, 5.41) is 5.81. The second-order valence-electron chi connectivity index (χ2n) is 7.13. The predicted molar refractivity (Wildman–Crippen MR) is 88.6 cm³/mol. The number of ether oxygens (including phenoxy) is 1. The number of rotatable bonds is 5. The van der Waals surface area contributed by atoms with E-state index < -0.39 is 0 Å². The highest BCUT2D eigenvalue weighted by atomic mass is 32.1. The first-order valence-electron chi connectivity index (χ1n) is 8.17. The molecule has 0 aromatic carbocycles. The maximum absolute atomic E-state index is 6.81. The molecule has 0 spiro atoms. The number of hydrogen-bond acceptors (Lipinski definition) is 4. The summed E-state index contributed by atoms with van der Waals surface area (Å²) in [5.74, 6) is 0.516. The summed E-state index contributed by atoms with van der Waals surface area (Å²) in [5.41, 5.74) is 8.20. The normalized spacial score (nSPS) is 34.3. The Morgan fingerprint density at radius 3 is 3.05 bits per heavy atom. The fourth-order valence-corrected chi connectivity index (χ4v) is 5.19. The molecule has 3 nitrogen and oxygen atoms in total. The molecule has 2 aliphatic rings. The predicted octanol–water partition coefficient (Wildman–Crippen LogP) is 2.93. The van der Waals surface area contributed by atoms with E-state index in [0.717, 1.165) is 32.5 Å². The molecule has 1 saturated heterocycles. The Labute approximate surface area is 132 Å². The maximum atomic E-state index is 6.81. The standard InChI is InChI=1S/C17H28N2OS/c1-4-12-7-9-21-14(12)10-19-11-17(18)13-6-5-8-20-15(13)16(17,2)3/h7,9,13,15,19H,4-6,8,10-11,18H2,1-3H3. The zero-order valence-corrected chi connectivity index (χ0v) is 14.3. The molecular formula is C17H28N2OS. The van der Waals surface area contributed by atoms with Gasteiger partial charge in [0.1, 0.15) is 0 Å². The lowest BCUT2D eigenvalue weighted by molar-refractivity contribution is -0.225. The first kappa shape index (κ1) is 15.5. The minimum Gasteiger partial charge on any atom is -0.377 e. The first-order valence-corrected chi connectivity index (χ1v) is 9.05. The SMILES string of the molecule is CCc1ccsc1CNCC1(N)C2CCCOC2C1(C)C. The lowest BCUT2D eigenvalue weighted by Crippen LogP contribution is -2.80. The zero-order valence-electron chi connectivity index (χ0n) is 13.4. The lowest BCUT2D eigenvalue weighted by atomic mass is 9.46. The maximum Gasteiger partial charge on any atom is 0.0690 e. The smallest absolute Gasteiger partial charge is 0.0690 e. The van der Waals surface area contributed by atoms with Crippen LogP contribution in [0.2, 0.25) is 0 Å². The van der Waals surface area contributed by atoms with Crippen LogP contribution in [-0.2, 0) is 17.7 Å². The highest BCUT2D eigenvalue weighted by molar-refractivity contribution is 7.10. The van der Waals surface area contributed by atoms with Crippen molar-refractivity contribution in [3.63, 3.8) is 0 Å². The summed E-state index contributed by atoms with van der Waals surface area (Å²) < 4.78 is 5.97. The van der Waals surface area contributed by atoms with Gasteiger partial charge in [-0.15, -0.1) is 11.3 Å². The summed E-state index contributed by atoms with van der Waals surface area (Å²) in [4.78, 5) is 1.45. The fraction of sp³-hybridized carbons (Fsp3) is 0.765. The van der Waals surface area contributed by atoms with E-state index in [4.69, 9.17) is 10.5 Å². The fourth-order valence-electron chi connectivity index (χ4n) is 4.25. The monoisotopic (exact) mass is 308 g/mol. The number of hydrogen-bond donors (Lipinski definition) is 2. The van der Waals surface area contributed by atoms with Crippen LogP contribution in [0.3, 0.4) is 0 Å². The summed E-state index contributed by atoms with van der Waals surface area (Å²) in [6.07, 6.45) is 3.83. The molecule has 118 valence electrons. The summed E-state index contributed by atoms with van der Waals surface area (Å²) in [6.45, 7) is 9.48. The number of thiophene rings is 1. The summed E-state index contributed by atoms with van der Waals surface area (Å²) in [6, 6.07) is 2.23. The van der Waals surface area contributed by atoms with E-state index in [2.05, 4.69) is 37.5 Å².